The lowest BCUT2D eigenvalue weighted by Gasteiger charge is -2.14. The Hall–Kier alpha value is -1.31. The lowest BCUT2D eigenvalue weighted by atomic mass is 9.95. The van der Waals surface area contributed by atoms with E-state index in [0.29, 0.717) is 5.56 Å². The molecule has 1 aromatic carbocycles. The predicted molar refractivity (Wildman–Crippen MR) is 48.4 cm³/mol. The Bertz CT molecular complexity index is 344. The highest BCUT2D eigenvalue weighted by atomic mass is 19.1. The van der Waals surface area contributed by atoms with E-state index in [1.807, 2.05) is 6.07 Å². The molecule has 0 aliphatic heterocycles. The van der Waals surface area contributed by atoms with Gasteiger partial charge >= 0.3 is 0 Å². The normalized spacial score (nSPS) is 19.7. The van der Waals surface area contributed by atoms with Crippen LogP contribution in [0.25, 0.3) is 0 Å². The van der Waals surface area contributed by atoms with E-state index in [9.17, 15) is 4.39 Å². The van der Waals surface area contributed by atoms with Crippen LogP contribution in [0.15, 0.2) is 24.3 Å². The Morgan fingerprint density at radius 3 is 3.15 bits per heavy atom. The fourth-order valence-electron chi connectivity index (χ4n) is 1.50. The summed E-state index contributed by atoms with van der Waals surface area (Å²) in [6.07, 6.45) is 4.04. The summed E-state index contributed by atoms with van der Waals surface area (Å²) in [5.41, 5.74) is 1.70. The number of benzene rings is 1. The van der Waals surface area contributed by atoms with Crippen molar-refractivity contribution in [3.8, 4) is 5.75 Å². The average Bonchev–Trinajstić information content (AvgIpc) is 2.18. The van der Waals surface area contributed by atoms with Crippen LogP contribution in [0.1, 0.15) is 17.3 Å². The number of halogens is 1. The first-order valence-corrected chi connectivity index (χ1v) is 4.20. The molecule has 1 unspecified atom stereocenters. The summed E-state index contributed by atoms with van der Waals surface area (Å²) >= 11 is 0. The molecule has 1 aliphatic rings. The van der Waals surface area contributed by atoms with Gasteiger partial charge in [-0.2, -0.15) is 0 Å². The number of hydrogen-bond acceptors (Lipinski definition) is 1. The van der Waals surface area contributed by atoms with E-state index < -0.39 is 6.17 Å². The van der Waals surface area contributed by atoms with Gasteiger partial charge in [0.2, 0.25) is 0 Å². The molecule has 0 N–H and O–H groups in total. The molecule has 1 aliphatic carbocycles. The zero-order valence-electron chi connectivity index (χ0n) is 7.38. The van der Waals surface area contributed by atoms with E-state index in [4.69, 9.17) is 4.74 Å². The quantitative estimate of drug-likeness (QED) is 0.640. The molecule has 0 saturated carbocycles. The Labute approximate surface area is 76.8 Å². The molecule has 0 saturated heterocycles. The van der Waals surface area contributed by atoms with Crippen molar-refractivity contribution in [2.45, 2.75) is 12.6 Å². The molecule has 0 fully saturated rings. The largest absolute Gasteiger partial charge is 0.497 e. The predicted octanol–water partition coefficient (Wildman–Crippen LogP) is 2.62. The summed E-state index contributed by atoms with van der Waals surface area (Å²) in [6, 6.07) is 5.41. The van der Waals surface area contributed by atoms with Gasteiger partial charge in [-0.25, -0.2) is 4.39 Å². The zero-order valence-corrected chi connectivity index (χ0v) is 7.38. The average molecular weight is 177 g/mol. The van der Waals surface area contributed by atoms with Gasteiger partial charge in [-0.05, 0) is 35.8 Å². The number of alkyl halides is 1. The van der Waals surface area contributed by atoms with Crippen LogP contribution in [0.4, 0.5) is 4.39 Å². The van der Waals surface area contributed by atoms with Gasteiger partial charge in [-0.15, -0.1) is 0 Å². The van der Waals surface area contributed by atoms with Gasteiger partial charge in [0.25, 0.3) is 0 Å². The van der Waals surface area contributed by atoms with Crippen molar-refractivity contribution in [3.05, 3.63) is 41.5 Å². The monoisotopic (exact) mass is 177 g/mol. The highest BCUT2D eigenvalue weighted by molar-refractivity contribution is 5.40. The molecule has 1 radical (unpaired) electrons. The van der Waals surface area contributed by atoms with Gasteiger partial charge in [-0.3, -0.25) is 0 Å². The molecule has 13 heavy (non-hydrogen) atoms. The molecule has 1 nitrogen and oxygen atoms in total. The first-order chi connectivity index (χ1) is 6.31. The van der Waals surface area contributed by atoms with Gasteiger partial charge < -0.3 is 4.74 Å². The van der Waals surface area contributed by atoms with Crippen molar-refractivity contribution < 1.29 is 9.13 Å². The van der Waals surface area contributed by atoms with Crippen LogP contribution in [0.3, 0.4) is 0 Å². The highest BCUT2D eigenvalue weighted by Gasteiger charge is 2.15. The zero-order chi connectivity index (χ0) is 9.26. The van der Waals surface area contributed by atoms with Crippen molar-refractivity contribution in [1.82, 2.24) is 0 Å². The van der Waals surface area contributed by atoms with Crippen molar-refractivity contribution in [2.24, 2.45) is 0 Å². The third-order valence-corrected chi connectivity index (χ3v) is 2.21. The van der Waals surface area contributed by atoms with Crippen molar-refractivity contribution in [3.63, 3.8) is 0 Å². The first-order valence-electron chi connectivity index (χ1n) is 4.20. The molecular formula is C11H10FO. The minimum Gasteiger partial charge on any atom is -0.497 e. The Kier molecular flexibility index (Phi) is 2.05. The summed E-state index contributed by atoms with van der Waals surface area (Å²) in [4.78, 5) is 0. The Balaban J connectivity index is 2.43. The van der Waals surface area contributed by atoms with Crippen molar-refractivity contribution in [1.29, 1.82) is 0 Å². The van der Waals surface area contributed by atoms with Gasteiger partial charge in [0.05, 0.1) is 7.11 Å². The lowest BCUT2D eigenvalue weighted by Crippen LogP contribution is -2.01. The van der Waals surface area contributed by atoms with Crippen LogP contribution in [0, 0.1) is 6.08 Å². The lowest BCUT2D eigenvalue weighted by molar-refractivity contribution is 0.393. The molecule has 0 spiro atoms. The number of methoxy groups -OCH3 is 1. The minimum atomic E-state index is -1.07. The van der Waals surface area contributed by atoms with E-state index in [2.05, 4.69) is 6.08 Å². The molecule has 0 aromatic heterocycles. The van der Waals surface area contributed by atoms with Crippen LogP contribution in [-0.4, -0.2) is 7.11 Å². The fourth-order valence-corrected chi connectivity index (χ4v) is 1.50. The number of ether oxygens (including phenoxy) is 1. The second-order valence-corrected chi connectivity index (χ2v) is 3.00. The smallest absolute Gasteiger partial charge is 0.151 e. The van der Waals surface area contributed by atoms with Crippen LogP contribution >= 0.6 is 0 Å². The Morgan fingerprint density at radius 1 is 1.54 bits per heavy atom. The number of hydrogen-bond donors (Lipinski definition) is 0. The number of fused-ring (bicyclic) bond motifs is 1. The molecule has 1 aromatic rings. The summed E-state index contributed by atoms with van der Waals surface area (Å²) in [7, 11) is 1.61. The van der Waals surface area contributed by atoms with Crippen LogP contribution in [0.5, 0.6) is 5.75 Å². The second kappa shape index (κ2) is 3.21. The SMILES string of the molecule is COc1ccc2c(c1)CC=[C]C2F. The second-order valence-electron chi connectivity index (χ2n) is 3.00. The third kappa shape index (κ3) is 1.44. The maximum atomic E-state index is 13.2. The summed E-state index contributed by atoms with van der Waals surface area (Å²) in [5.74, 6) is 0.779. The van der Waals surface area contributed by atoms with E-state index >= 15 is 0 Å². The summed E-state index contributed by atoms with van der Waals surface area (Å²) in [5, 5.41) is 0. The molecule has 0 bridgehead atoms. The molecule has 0 heterocycles. The molecule has 2 heteroatoms. The van der Waals surface area contributed by atoms with Crippen molar-refractivity contribution >= 4 is 0 Å². The Morgan fingerprint density at radius 2 is 2.38 bits per heavy atom. The molecule has 67 valence electrons. The standard InChI is InChI=1S/C11H10FO/c1-13-9-5-6-10-8(7-9)3-2-4-11(10)12/h2,5-7,11H,3H2,1H3. The van der Waals surface area contributed by atoms with E-state index in [-0.39, 0.29) is 0 Å². The fraction of sp³-hybridized carbons (Fsp3) is 0.273. The third-order valence-electron chi connectivity index (χ3n) is 2.21. The highest BCUT2D eigenvalue weighted by Crippen LogP contribution is 2.29. The molecule has 2 rings (SSSR count). The topological polar surface area (TPSA) is 9.23 Å². The maximum Gasteiger partial charge on any atom is 0.151 e. The summed E-state index contributed by atoms with van der Waals surface area (Å²) < 4.78 is 18.3. The van der Waals surface area contributed by atoms with Crippen LogP contribution in [-0.2, 0) is 6.42 Å². The number of rotatable bonds is 1. The van der Waals surface area contributed by atoms with E-state index in [1.54, 1.807) is 25.3 Å². The summed E-state index contributed by atoms with van der Waals surface area (Å²) in [6.45, 7) is 0. The molecule has 1 atom stereocenters. The maximum absolute atomic E-state index is 13.2. The van der Waals surface area contributed by atoms with E-state index in [1.165, 1.54) is 0 Å². The molecule has 0 amide bonds. The number of allylic oxidation sites excluding steroid dienone is 2. The first kappa shape index (κ1) is 8.30. The van der Waals surface area contributed by atoms with Gasteiger partial charge in [0.15, 0.2) is 6.17 Å². The van der Waals surface area contributed by atoms with Gasteiger partial charge in [0, 0.05) is 0 Å². The van der Waals surface area contributed by atoms with Gasteiger partial charge in [-0.1, -0.05) is 12.1 Å². The van der Waals surface area contributed by atoms with Crippen LogP contribution < -0.4 is 4.74 Å². The van der Waals surface area contributed by atoms with E-state index in [0.717, 1.165) is 17.7 Å². The van der Waals surface area contributed by atoms with Crippen molar-refractivity contribution in [2.75, 3.05) is 7.11 Å². The van der Waals surface area contributed by atoms with Crippen LogP contribution in [0.2, 0.25) is 0 Å². The minimum absolute atomic E-state index is 0.711. The van der Waals surface area contributed by atoms with Gasteiger partial charge in [0.1, 0.15) is 5.75 Å². The molecular weight excluding hydrogens is 167 g/mol.